The van der Waals surface area contributed by atoms with Gasteiger partial charge in [0.2, 0.25) is 0 Å². The van der Waals surface area contributed by atoms with Crippen molar-refractivity contribution in [2.75, 3.05) is 6.54 Å². The molecule has 2 nitrogen and oxygen atoms in total. The van der Waals surface area contributed by atoms with Crippen molar-refractivity contribution in [3.8, 4) is 0 Å². The Labute approximate surface area is 47.7 Å². The van der Waals surface area contributed by atoms with Crippen LogP contribution < -0.4 is 5.73 Å². The van der Waals surface area contributed by atoms with E-state index in [1.54, 1.807) is 6.08 Å². The lowest BCUT2D eigenvalue weighted by molar-refractivity contribution is 1.25. The highest BCUT2D eigenvalue weighted by Gasteiger charge is 1.73. The molecule has 0 bridgehead atoms. The molecule has 0 unspecified atom stereocenters. The fraction of sp³-hybridized carbons (Fsp3) is 0.250. The molecule has 40 valence electrons. The standard InChI is InChI=1S/C4H7ClN2/c1-2-3-7-4(5)6/h2H,1,3H2,(H2,6,7). The second kappa shape index (κ2) is 3.68. The maximum absolute atomic E-state index is 5.14. The van der Waals surface area contributed by atoms with E-state index in [0.717, 1.165) is 0 Å². The molecule has 0 aromatic rings. The van der Waals surface area contributed by atoms with Crippen LogP contribution in [0.4, 0.5) is 0 Å². The molecule has 0 fully saturated rings. The summed E-state index contributed by atoms with van der Waals surface area (Å²) in [6.45, 7) is 3.91. The van der Waals surface area contributed by atoms with Gasteiger partial charge in [0.1, 0.15) is 0 Å². The predicted octanol–water partition coefficient (Wildman–Crippen LogP) is 0.726. The van der Waals surface area contributed by atoms with Gasteiger partial charge in [0.25, 0.3) is 0 Å². The molecule has 0 aromatic heterocycles. The molecule has 0 aliphatic carbocycles. The summed E-state index contributed by atoms with van der Waals surface area (Å²) in [6, 6.07) is 0. The highest BCUT2D eigenvalue weighted by atomic mass is 35.5. The average molecular weight is 119 g/mol. The van der Waals surface area contributed by atoms with Gasteiger partial charge in [-0.25, -0.2) is 0 Å². The molecule has 0 aromatic carbocycles. The topological polar surface area (TPSA) is 38.4 Å². The highest BCUT2D eigenvalue weighted by Crippen LogP contribution is 1.75. The molecule has 0 radical (unpaired) electrons. The van der Waals surface area contributed by atoms with Gasteiger partial charge in [-0.1, -0.05) is 6.08 Å². The molecule has 0 aliphatic rings. The van der Waals surface area contributed by atoms with Crippen molar-refractivity contribution in [1.82, 2.24) is 0 Å². The Balaban J connectivity index is 3.25. The largest absolute Gasteiger partial charge is 0.374 e. The number of nitrogens with two attached hydrogens (primary N) is 1. The van der Waals surface area contributed by atoms with E-state index >= 15 is 0 Å². The minimum atomic E-state index is 0.0832. The number of halogens is 1. The van der Waals surface area contributed by atoms with Crippen LogP contribution in [-0.4, -0.2) is 11.8 Å². The summed E-state index contributed by atoms with van der Waals surface area (Å²) >= 11 is 5.14. The number of hydrogen-bond donors (Lipinski definition) is 1. The van der Waals surface area contributed by atoms with Gasteiger partial charge in [-0.3, -0.25) is 4.99 Å². The minimum Gasteiger partial charge on any atom is -0.374 e. The number of rotatable bonds is 2. The van der Waals surface area contributed by atoms with Crippen LogP contribution in [0.25, 0.3) is 0 Å². The van der Waals surface area contributed by atoms with Crippen LogP contribution in [0.1, 0.15) is 0 Å². The van der Waals surface area contributed by atoms with Crippen molar-refractivity contribution in [1.29, 1.82) is 0 Å². The summed E-state index contributed by atoms with van der Waals surface area (Å²) in [7, 11) is 0. The Kier molecular flexibility index (Phi) is 3.42. The number of nitrogens with zero attached hydrogens (tertiary/aromatic N) is 1. The van der Waals surface area contributed by atoms with Crippen molar-refractivity contribution in [2.24, 2.45) is 10.7 Å². The number of hydrogen-bond acceptors (Lipinski definition) is 1. The minimum absolute atomic E-state index is 0.0832. The van der Waals surface area contributed by atoms with Crippen LogP contribution in [0.2, 0.25) is 0 Å². The van der Waals surface area contributed by atoms with Crippen LogP contribution in [0, 0.1) is 0 Å². The Hall–Kier alpha value is -0.500. The van der Waals surface area contributed by atoms with Crippen LogP contribution in [0.5, 0.6) is 0 Å². The van der Waals surface area contributed by atoms with E-state index in [9.17, 15) is 0 Å². The Morgan fingerprint density at radius 2 is 2.57 bits per heavy atom. The lowest BCUT2D eigenvalue weighted by Crippen LogP contribution is -2.01. The second-order valence-electron chi connectivity index (χ2n) is 0.952. The molecular formula is C4H7ClN2. The van der Waals surface area contributed by atoms with Crippen molar-refractivity contribution in [3.63, 3.8) is 0 Å². The van der Waals surface area contributed by atoms with Crippen LogP contribution in [0.3, 0.4) is 0 Å². The quantitative estimate of drug-likeness (QED) is 0.247. The van der Waals surface area contributed by atoms with Crippen LogP contribution in [0.15, 0.2) is 17.6 Å². The van der Waals surface area contributed by atoms with Crippen LogP contribution >= 0.6 is 11.6 Å². The van der Waals surface area contributed by atoms with E-state index < -0.39 is 0 Å². The van der Waals surface area contributed by atoms with Crippen LogP contribution in [-0.2, 0) is 0 Å². The molecule has 0 saturated carbocycles. The predicted molar refractivity (Wildman–Crippen MR) is 32.5 cm³/mol. The zero-order valence-electron chi connectivity index (χ0n) is 3.89. The molecule has 3 heteroatoms. The summed E-state index contributed by atoms with van der Waals surface area (Å²) in [6.07, 6.45) is 1.62. The highest BCUT2D eigenvalue weighted by molar-refractivity contribution is 6.64. The lowest BCUT2D eigenvalue weighted by atomic mass is 10.7. The fourth-order valence-electron chi connectivity index (χ4n) is 0.152. The molecule has 0 heterocycles. The molecule has 0 aliphatic heterocycles. The maximum Gasteiger partial charge on any atom is 0.188 e. The van der Waals surface area contributed by atoms with E-state index in [1.807, 2.05) is 0 Å². The third-order valence-corrected chi connectivity index (χ3v) is 0.491. The molecular weight excluding hydrogens is 112 g/mol. The van der Waals surface area contributed by atoms with E-state index in [-0.39, 0.29) is 5.29 Å². The van der Waals surface area contributed by atoms with Crippen molar-refractivity contribution in [3.05, 3.63) is 12.7 Å². The van der Waals surface area contributed by atoms with Gasteiger partial charge in [-0.15, -0.1) is 6.58 Å². The third-order valence-electron chi connectivity index (χ3n) is 0.371. The summed E-state index contributed by atoms with van der Waals surface area (Å²) in [5.74, 6) is 0. The SMILES string of the molecule is C=CCN=C(N)Cl. The summed E-state index contributed by atoms with van der Waals surface area (Å²) in [4.78, 5) is 3.58. The first kappa shape index (κ1) is 6.50. The smallest absolute Gasteiger partial charge is 0.188 e. The van der Waals surface area contributed by atoms with Crippen molar-refractivity contribution in [2.45, 2.75) is 0 Å². The summed E-state index contributed by atoms with van der Waals surface area (Å²) < 4.78 is 0. The van der Waals surface area contributed by atoms with E-state index in [0.29, 0.717) is 6.54 Å². The molecule has 0 saturated heterocycles. The maximum atomic E-state index is 5.14. The lowest BCUT2D eigenvalue weighted by Gasteiger charge is -1.80. The fourth-order valence-corrected chi connectivity index (χ4v) is 0.221. The molecule has 2 N–H and O–H groups in total. The molecule has 0 atom stereocenters. The molecule has 0 amide bonds. The summed E-state index contributed by atoms with van der Waals surface area (Å²) in [5.41, 5.74) is 4.95. The van der Waals surface area contributed by atoms with Gasteiger partial charge in [-0.05, 0) is 11.6 Å². The molecule has 0 rings (SSSR count). The van der Waals surface area contributed by atoms with Gasteiger partial charge < -0.3 is 5.73 Å². The first-order chi connectivity index (χ1) is 3.27. The zero-order chi connectivity index (χ0) is 5.70. The normalized spacial score (nSPS) is 11.3. The van der Waals surface area contributed by atoms with E-state index in [4.69, 9.17) is 17.3 Å². The average Bonchev–Trinajstić information content (AvgIpc) is 1.61. The monoisotopic (exact) mass is 118 g/mol. The van der Waals surface area contributed by atoms with E-state index in [2.05, 4.69) is 11.6 Å². The van der Waals surface area contributed by atoms with Crippen molar-refractivity contribution >= 4 is 16.9 Å². The van der Waals surface area contributed by atoms with Gasteiger partial charge in [0.15, 0.2) is 5.29 Å². The zero-order valence-corrected chi connectivity index (χ0v) is 4.65. The number of aliphatic imine (C=N–C) groups is 1. The molecule has 0 spiro atoms. The second-order valence-corrected chi connectivity index (χ2v) is 1.34. The first-order valence-corrected chi connectivity index (χ1v) is 2.21. The Morgan fingerprint density at radius 1 is 2.00 bits per heavy atom. The van der Waals surface area contributed by atoms with Gasteiger partial charge >= 0.3 is 0 Å². The van der Waals surface area contributed by atoms with Gasteiger partial charge in [-0.2, -0.15) is 0 Å². The number of amidine groups is 1. The third kappa shape index (κ3) is 5.50. The van der Waals surface area contributed by atoms with Gasteiger partial charge in [0.05, 0.1) is 6.54 Å². The Morgan fingerprint density at radius 3 is 2.71 bits per heavy atom. The molecule has 7 heavy (non-hydrogen) atoms. The summed E-state index contributed by atoms with van der Waals surface area (Å²) in [5, 5.41) is 0.0832. The van der Waals surface area contributed by atoms with Gasteiger partial charge in [0, 0.05) is 0 Å². The first-order valence-electron chi connectivity index (χ1n) is 1.83. The van der Waals surface area contributed by atoms with E-state index in [1.165, 1.54) is 0 Å². The van der Waals surface area contributed by atoms with Crippen molar-refractivity contribution < 1.29 is 0 Å². The Bertz CT molecular complexity index is 83.7.